The Morgan fingerprint density at radius 3 is 2.75 bits per heavy atom. The van der Waals surface area contributed by atoms with Crippen LogP contribution in [0.25, 0.3) is 0 Å². The van der Waals surface area contributed by atoms with Crippen molar-refractivity contribution in [3.63, 3.8) is 0 Å². The zero-order chi connectivity index (χ0) is 20.7. The number of nitrogens with one attached hydrogen (secondary N) is 1. The standard InChI is InChI=1S/C20H27BrN2O5/c1-4-27-17-6-5-14(11-15(17)21)20(26)23-9-8-22-19(25)16(23)12-18(24)28-10-7-13(2)3/h5-6,11,13,16H,4,7-10,12H2,1-3H3,(H,22,25). The predicted molar refractivity (Wildman–Crippen MR) is 108 cm³/mol. The molecule has 1 unspecified atom stereocenters. The number of piperazine rings is 1. The van der Waals surface area contributed by atoms with Crippen LogP contribution in [0.5, 0.6) is 5.75 Å². The maximum atomic E-state index is 13.0. The summed E-state index contributed by atoms with van der Waals surface area (Å²) in [6.07, 6.45) is 0.597. The van der Waals surface area contributed by atoms with Crippen LogP contribution >= 0.6 is 15.9 Å². The molecule has 8 heteroatoms. The lowest BCUT2D eigenvalue weighted by atomic mass is 10.1. The number of hydrogen-bond acceptors (Lipinski definition) is 5. The molecule has 1 N–H and O–H groups in total. The van der Waals surface area contributed by atoms with Crippen LogP contribution in [0.2, 0.25) is 0 Å². The number of amides is 2. The summed E-state index contributed by atoms with van der Waals surface area (Å²) in [5.41, 5.74) is 0.420. The topological polar surface area (TPSA) is 84.9 Å². The van der Waals surface area contributed by atoms with Gasteiger partial charge in [-0.2, -0.15) is 0 Å². The van der Waals surface area contributed by atoms with E-state index >= 15 is 0 Å². The predicted octanol–water partition coefficient (Wildman–Crippen LogP) is 2.77. The van der Waals surface area contributed by atoms with Crippen LogP contribution in [0, 0.1) is 5.92 Å². The van der Waals surface area contributed by atoms with E-state index in [1.807, 2.05) is 20.8 Å². The fourth-order valence-electron chi connectivity index (χ4n) is 2.86. The maximum absolute atomic E-state index is 13.0. The first-order valence-corrected chi connectivity index (χ1v) is 10.3. The fourth-order valence-corrected chi connectivity index (χ4v) is 3.35. The summed E-state index contributed by atoms with van der Waals surface area (Å²) in [5, 5.41) is 2.72. The first-order chi connectivity index (χ1) is 13.3. The fraction of sp³-hybridized carbons (Fsp3) is 0.550. The minimum Gasteiger partial charge on any atom is -0.493 e. The minimum absolute atomic E-state index is 0.159. The van der Waals surface area contributed by atoms with Crippen molar-refractivity contribution in [1.82, 2.24) is 10.2 Å². The van der Waals surface area contributed by atoms with Gasteiger partial charge in [0.2, 0.25) is 5.91 Å². The van der Waals surface area contributed by atoms with Crippen LogP contribution in [0.15, 0.2) is 22.7 Å². The van der Waals surface area contributed by atoms with Gasteiger partial charge in [-0.05, 0) is 53.4 Å². The molecule has 0 radical (unpaired) electrons. The molecule has 1 aliphatic rings. The van der Waals surface area contributed by atoms with Crippen molar-refractivity contribution in [3.8, 4) is 5.75 Å². The SMILES string of the molecule is CCOc1ccc(C(=O)N2CCNC(=O)C2CC(=O)OCCC(C)C)cc1Br. The van der Waals surface area contributed by atoms with E-state index in [9.17, 15) is 14.4 Å². The summed E-state index contributed by atoms with van der Waals surface area (Å²) in [5.74, 6) is -0.0694. The number of esters is 1. The summed E-state index contributed by atoms with van der Waals surface area (Å²) in [7, 11) is 0. The number of benzene rings is 1. The van der Waals surface area contributed by atoms with Gasteiger partial charge in [0.05, 0.1) is 24.1 Å². The Morgan fingerprint density at radius 1 is 1.36 bits per heavy atom. The van der Waals surface area contributed by atoms with Gasteiger partial charge >= 0.3 is 5.97 Å². The summed E-state index contributed by atoms with van der Waals surface area (Å²) in [4.78, 5) is 38.9. The monoisotopic (exact) mass is 454 g/mol. The highest BCUT2D eigenvalue weighted by atomic mass is 79.9. The van der Waals surface area contributed by atoms with Gasteiger partial charge < -0.3 is 19.7 Å². The molecule has 1 aliphatic heterocycles. The van der Waals surface area contributed by atoms with Gasteiger partial charge in [-0.25, -0.2) is 0 Å². The molecule has 2 amide bonds. The van der Waals surface area contributed by atoms with Crippen LogP contribution in [0.1, 0.15) is 44.0 Å². The smallest absolute Gasteiger partial charge is 0.308 e. The number of halogens is 1. The number of rotatable bonds is 8. The first kappa shape index (κ1) is 22.2. The highest BCUT2D eigenvalue weighted by Gasteiger charge is 2.35. The minimum atomic E-state index is -0.877. The van der Waals surface area contributed by atoms with Gasteiger partial charge in [0.1, 0.15) is 11.8 Å². The van der Waals surface area contributed by atoms with E-state index in [0.717, 1.165) is 6.42 Å². The van der Waals surface area contributed by atoms with E-state index in [0.29, 0.717) is 48.0 Å². The molecule has 7 nitrogen and oxygen atoms in total. The molecule has 2 rings (SSSR count). The highest BCUT2D eigenvalue weighted by molar-refractivity contribution is 9.10. The Balaban J connectivity index is 2.10. The van der Waals surface area contributed by atoms with Crippen LogP contribution in [0.4, 0.5) is 0 Å². The number of carbonyl (C=O) groups is 3. The molecule has 1 aromatic carbocycles. The lowest BCUT2D eigenvalue weighted by Crippen LogP contribution is -2.57. The van der Waals surface area contributed by atoms with Crippen LogP contribution in [0.3, 0.4) is 0 Å². The highest BCUT2D eigenvalue weighted by Crippen LogP contribution is 2.27. The quantitative estimate of drug-likeness (QED) is 0.610. The number of nitrogens with zero attached hydrogens (tertiary/aromatic N) is 1. The number of carbonyl (C=O) groups excluding carboxylic acids is 3. The Bertz CT molecular complexity index is 723. The molecule has 0 spiro atoms. The van der Waals surface area contributed by atoms with Gasteiger partial charge in [-0.15, -0.1) is 0 Å². The van der Waals surface area contributed by atoms with Gasteiger partial charge in [0, 0.05) is 18.7 Å². The van der Waals surface area contributed by atoms with Gasteiger partial charge in [0.15, 0.2) is 0 Å². The average Bonchev–Trinajstić information content (AvgIpc) is 2.64. The van der Waals surface area contributed by atoms with Crippen molar-refractivity contribution in [1.29, 1.82) is 0 Å². The van der Waals surface area contributed by atoms with Crippen LogP contribution in [-0.4, -0.2) is 55.0 Å². The summed E-state index contributed by atoms with van der Waals surface area (Å²) < 4.78 is 11.3. The van der Waals surface area contributed by atoms with E-state index in [2.05, 4.69) is 21.2 Å². The number of ether oxygens (including phenoxy) is 2. The van der Waals surface area contributed by atoms with E-state index in [1.54, 1.807) is 18.2 Å². The third-order valence-electron chi connectivity index (χ3n) is 4.39. The summed E-state index contributed by atoms with van der Waals surface area (Å²) in [6.45, 7) is 7.46. The molecule has 1 saturated heterocycles. The lowest BCUT2D eigenvalue weighted by molar-refractivity contribution is -0.148. The molecule has 0 aromatic heterocycles. The van der Waals surface area contributed by atoms with Gasteiger partial charge in [-0.1, -0.05) is 13.8 Å². The molecule has 154 valence electrons. The molecule has 1 fully saturated rings. The second-order valence-electron chi connectivity index (χ2n) is 6.99. The van der Waals surface area contributed by atoms with E-state index in [-0.39, 0.29) is 18.2 Å². The lowest BCUT2D eigenvalue weighted by Gasteiger charge is -2.34. The largest absolute Gasteiger partial charge is 0.493 e. The summed E-state index contributed by atoms with van der Waals surface area (Å²) >= 11 is 3.40. The molecular formula is C20H27BrN2O5. The van der Waals surface area contributed by atoms with E-state index < -0.39 is 12.0 Å². The molecular weight excluding hydrogens is 428 g/mol. The van der Waals surface area contributed by atoms with Crippen molar-refractivity contribution >= 4 is 33.7 Å². The Kier molecular flexibility index (Phi) is 8.29. The average molecular weight is 455 g/mol. The van der Waals surface area contributed by atoms with Crippen molar-refractivity contribution in [3.05, 3.63) is 28.2 Å². The maximum Gasteiger partial charge on any atom is 0.308 e. The normalized spacial score (nSPS) is 16.7. The van der Waals surface area contributed by atoms with Crippen LogP contribution < -0.4 is 10.1 Å². The van der Waals surface area contributed by atoms with Crippen LogP contribution in [-0.2, 0) is 14.3 Å². The first-order valence-electron chi connectivity index (χ1n) is 9.50. The molecule has 0 saturated carbocycles. The number of hydrogen-bond donors (Lipinski definition) is 1. The molecule has 1 heterocycles. The Labute approximate surface area is 173 Å². The van der Waals surface area contributed by atoms with Gasteiger partial charge in [-0.3, -0.25) is 14.4 Å². The van der Waals surface area contributed by atoms with Crippen molar-refractivity contribution in [2.75, 3.05) is 26.3 Å². The molecule has 1 atom stereocenters. The van der Waals surface area contributed by atoms with Crippen molar-refractivity contribution in [2.24, 2.45) is 5.92 Å². The van der Waals surface area contributed by atoms with Crippen molar-refractivity contribution < 1.29 is 23.9 Å². The van der Waals surface area contributed by atoms with Gasteiger partial charge in [0.25, 0.3) is 5.91 Å². The summed E-state index contributed by atoms with van der Waals surface area (Å²) in [6, 6.07) is 4.15. The second kappa shape index (κ2) is 10.5. The van der Waals surface area contributed by atoms with E-state index in [4.69, 9.17) is 9.47 Å². The molecule has 28 heavy (non-hydrogen) atoms. The molecule has 0 bridgehead atoms. The van der Waals surface area contributed by atoms with Crippen molar-refractivity contribution in [2.45, 2.75) is 39.7 Å². The molecule has 0 aliphatic carbocycles. The zero-order valence-corrected chi connectivity index (χ0v) is 18.1. The van der Waals surface area contributed by atoms with E-state index in [1.165, 1.54) is 4.90 Å². The molecule has 1 aromatic rings. The Hall–Kier alpha value is -2.09. The third-order valence-corrected chi connectivity index (χ3v) is 5.01. The zero-order valence-electron chi connectivity index (χ0n) is 16.5. The second-order valence-corrected chi connectivity index (χ2v) is 7.85. The Morgan fingerprint density at radius 2 is 2.11 bits per heavy atom. The third kappa shape index (κ3) is 5.95.